The Labute approximate surface area is 207 Å². The van der Waals surface area contributed by atoms with Gasteiger partial charge < -0.3 is 10.2 Å². The Balaban J connectivity index is 1.59. The lowest BCUT2D eigenvalue weighted by Gasteiger charge is -2.39. The third kappa shape index (κ3) is 4.46. The first-order valence-corrected chi connectivity index (χ1v) is 11.2. The molecular formula is C25H20F4N6O2. The maximum atomic E-state index is 13.3. The van der Waals surface area contributed by atoms with Crippen molar-refractivity contribution in [2.45, 2.75) is 12.2 Å². The molecule has 1 aliphatic rings. The van der Waals surface area contributed by atoms with Crippen molar-refractivity contribution in [3.8, 4) is 11.3 Å². The number of carbonyl (C=O) groups excluding carboxylic acids is 2. The van der Waals surface area contributed by atoms with Gasteiger partial charge in [-0.05, 0) is 18.2 Å². The van der Waals surface area contributed by atoms with Gasteiger partial charge in [-0.2, -0.15) is 23.4 Å². The van der Waals surface area contributed by atoms with Crippen LogP contribution in [0.4, 0.5) is 23.2 Å². The van der Waals surface area contributed by atoms with E-state index in [9.17, 15) is 27.2 Å². The molecule has 1 fully saturated rings. The predicted octanol–water partition coefficient (Wildman–Crippen LogP) is 4.57. The van der Waals surface area contributed by atoms with Gasteiger partial charge in [-0.1, -0.05) is 30.8 Å². The van der Waals surface area contributed by atoms with Gasteiger partial charge in [-0.15, -0.1) is 0 Å². The molecule has 0 saturated carbocycles. The lowest BCUT2D eigenvalue weighted by atomic mass is 10.0. The molecule has 190 valence electrons. The normalized spacial score (nSPS) is 14.0. The summed E-state index contributed by atoms with van der Waals surface area (Å²) in [4.78, 5) is 26.4. The molecule has 37 heavy (non-hydrogen) atoms. The van der Waals surface area contributed by atoms with Gasteiger partial charge in [0.05, 0.1) is 34.6 Å². The molecule has 0 bridgehead atoms. The van der Waals surface area contributed by atoms with Gasteiger partial charge in [0.15, 0.2) is 5.83 Å². The Morgan fingerprint density at radius 2 is 1.81 bits per heavy atom. The second kappa shape index (κ2) is 8.87. The minimum atomic E-state index is -4.49. The third-order valence-corrected chi connectivity index (χ3v) is 6.15. The zero-order valence-corrected chi connectivity index (χ0v) is 19.5. The van der Waals surface area contributed by atoms with Crippen molar-refractivity contribution in [3.63, 3.8) is 0 Å². The highest BCUT2D eigenvalue weighted by Crippen LogP contribution is 2.36. The number of nitrogens with zero attached hydrogens (tertiary/aromatic N) is 5. The maximum absolute atomic E-state index is 13.3. The highest BCUT2D eigenvalue weighted by atomic mass is 19.4. The number of carbonyl (C=O) groups is 2. The molecule has 2 aromatic heterocycles. The van der Waals surface area contributed by atoms with Crippen LogP contribution < -0.4 is 5.32 Å². The summed E-state index contributed by atoms with van der Waals surface area (Å²) < 4.78 is 55.7. The molecular weight excluding hydrogens is 492 g/mol. The molecule has 0 aliphatic carbocycles. The first kappa shape index (κ1) is 24.2. The summed E-state index contributed by atoms with van der Waals surface area (Å²) in [6.07, 6.45) is -1.37. The quantitative estimate of drug-likeness (QED) is 0.314. The number of rotatable bonds is 5. The average molecular weight is 512 g/mol. The number of aryl methyl sites for hydroxylation is 1. The summed E-state index contributed by atoms with van der Waals surface area (Å²) in [6, 6.07) is 9.17. The molecule has 8 nitrogen and oxygen atoms in total. The van der Waals surface area contributed by atoms with Crippen LogP contribution in [0.3, 0.4) is 0 Å². The number of amides is 2. The number of hydrogen-bond donors (Lipinski definition) is 1. The first-order chi connectivity index (χ1) is 17.5. The van der Waals surface area contributed by atoms with E-state index in [1.165, 1.54) is 27.9 Å². The van der Waals surface area contributed by atoms with E-state index >= 15 is 0 Å². The SMILES string of the molecule is C=C(F)C(=O)N1CC(n2nc(-c3ccc(C(F)(F)F)cc3)c3cccc(C(=O)Nc4cnn(C)c4)c32)C1. The Morgan fingerprint density at radius 3 is 2.41 bits per heavy atom. The molecule has 1 aliphatic heterocycles. The van der Waals surface area contributed by atoms with Gasteiger partial charge in [0.25, 0.3) is 11.8 Å². The number of fused-ring (bicyclic) bond motifs is 1. The molecule has 1 saturated heterocycles. The van der Waals surface area contributed by atoms with Crippen LogP contribution in [0.25, 0.3) is 22.2 Å². The number of halogens is 4. The molecule has 2 aromatic carbocycles. The van der Waals surface area contributed by atoms with Crippen molar-refractivity contribution >= 4 is 28.4 Å². The number of likely N-dealkylation sites (tertiary alicyclic amines) is 1. The highest BCUT2D eigenvalue weighted by Gasteiger charge is 2.36. The van der Waals surface area contributed by atoms with E-state index in [4.69, 9.17) is 0 Å². The summed E-state index contributed by atoms with van der Waals surface area (Å²) in [7, 11) is 1.71. The minimum absolute atomic E-state index is 0.129. The predicted molar refractivity (Wildman–Crippen MR) is 127 cm³/mol. The van der Waals surface area contributed by atoms with Crippen LogP contribution in [0.1, 0.15) is 22.0 Å². The van der Waals surface area contributed by atoms with Crippen molar-refractivity contribution < 1.29 is 27.2 Å². The van der Waals surface area contributed by atoms with Crippen molar-refractivity contribution in [2.24, 2.45) is 7.05 Å². The summed E-state index contributed by atoms with van der Waals surface area (Å²) in [5.74, 6) is -2.35. The van der Waals surface area contributed by atoms with Gasteiger partial charge in [0, 0.05) is 37.3 Å². The molecule has 0 atom stereocenters. The topological polar surface area (TPSA) is 85.1 Å². The van der Waals surface area contributed by atoms with Crippen molar-refractivity contribution in [2.75, 3.05) is 18.4 Å². The summed E-state index contributed by atoms with van der Waals surface area (Å²) in [5, 5.41) is 12.0. The Hall–Kier alpha value is -4.48. The molecule has 5 rings (SSSR count). The molecule has 2 amide bonds. The lowest BCUT2D eigenvalue weighted by molar-refractivity contribution is -0.137. The summed E-state index contributed by atoms with van der Waals surface area (Å²) >= 11 is 0. The van der Waals surface area contributed by atoms with Gasteiger partial charge in [-0.3, -0.25) is 19.0 Å². The van der Waals surface area contributed by atoms with Crippen LogP contribution in [0, 0.1) is 0 Å². The molecule has 0 radical (unpaired) electrons. The van der Waals surface area contributed by atoms with Crippen LogP contribution in [-0.2, 0) is 18.0 Å². The van der Waals surface area contributed by atoms with Crippen LogP contribution >= 0.6 is 0 Å². The average Bonchev–Trinajstić information content (AvgIpc) is 3.41. The monoisotopic (exact) mass is 512 g/mol. The van der Waals surface area contributed by atoms with E-state index < -0.39 is 29.4 Å². The van der Waals surface area contributed by atoms with Crippen LogP contribution in [0.5, 0.6) is 0 Å². The first-order valence-electron chi connectivity index (χ1n) is 11.2. The zero-order chi connectivity index (χ0) is 26.5. The third-order valence-electron chi connectivity index (χ3n) is 6.15. The van der Waals surface area contributed by atoms with E-state index in [0.29, 0.717) is 27.8 Å². The fourth-order valence-corrected chi connectivity index (χ4v) is 4.30. The number of benzene rings is 2. The second-order valence-corrected chi connectivity index (χ2v) is 8.70. The van der Waals surface area contributed by atoms with E-state index in [1.807, 2.05) is 0 Å². The summed E-state index contributed by atoms with van der Waals surface area (Å²) in [6.45, 7) is 3.29. The van der Waals surface area contributed by atoms with Crippen LogP contribution in [0.2, 0.25) is 0 Å². The number of aromatic nitrogens is 4. The number of para-hydroxylation sites is 1. The lowest BCUT2D eigenvalue weighted by Crippen LogP contribution is -2.51. The fraction of sp³-hybridized carbons (Fsp3) is 0.200. The van der Waals surface area contributed by atoms with Crippen LogP contribution in [0.15, 0.2) is 67.3 Å². The number of alkyl halides is 3. The summed E-state index contributed by atoms with van der Waals surface area (Å²) in [5.41, 5.74) is 1.18. The van der Waals surface area contributed by atoms with Crippen molar-refractivity contribution in [3.05, 3.63) is 78.4 Å². The number of nitrogens with one attached hydrogen (secondary N) is 1. The largest absolute Gasteiger partial charge is 0.416 e. The van der Waals surface area contributed by atoms with Gasteiger partial charge >= 0.3 is 6.18 Å². The standard InChI is InChI=1S/C25H20F4N6O2/c1-14(26)24(37)34-12-18(13-34)35-22-19(21(32-35)15-6-8-16(9-7-15)25(27,28)29)4-3-5-20(22)23(36)31-17-10-30-33(2)11-17/h3-11,18H,1,12-13H2,2H3,(H,31,36). The smallest absolute Gasteiger partial charge is 0.332 e. The molecule has 3 heterocycles. The Kier molecular flexibility index (Phi) is 5.81. The van der Waals surface area contributed by atoms with Crippen LogP contribution in [-0.4, -0.2) is 49.4 Å². The molecule has 1 N–H and O–H groups in total. The van der Waals surface area contributed by atoms with Gasteiger partial charge in [-0.25, -0.2) is 4.39 Å². The van der Waals surface area contributed by atoms with E-state index in [1.54, 1.807) is 36.1 Å². The Bertz CT molecular complexity index is 1530. The van der Waals surface area contributed by atoms with E-state index in [2.05, 4.69) is 22.1 Å². The number of anilines is 1. The second-order valence-electron chi connectivity index (χ2n) is 8.70. The molecule has 12 heteroatoms. The molecule has 4 aromatic rings. The van der Waals surface area contributed by atoms with E-state index in [-0.39, 0.29) is 24.7 Å². The van der Waals surface area contributed by atoms with Gasteiger partial charge in [0.2, 0.25) is 0 Å². The van der Waals surface area contributed by atoms with E-state index in [0.717, 1.165) is 12.1 Å². The van der Waals surface area contributed by atoms with Crippen molar-refractivity contribution in [1.29, 1.82) is 0 Å². The fourth-order valence-electron chi connectivity index (χ4n) is 4.30. The highest BCUT2D eigenvalue weighted by molar-refractivity contribution is 6.13. The number of hydrogen-bond acceptors (Lipinski definition) is 4. The molecule has 0 unspecified atom stereocenters. The van der Waals surface area contributed by atoms with Gasteiger partial charge in [0.1, 0.15) is 5.69 Å². The Morgan fingerprint density at radius 1 is 1.11 bits per heavy atom. The minimum Gasteiger partial charge on any atom is -0.332 e. The molecule has 0 spiro atoms. The zero-order valence-electron chi connectivity index (χ0n) is 19.5. The maximum Gasteiger partial charge on any atom is 0.416 e. The van der Waals surface area contributed by atoms with Crippen molar-refractivity contribution in [1.82, 2.24) is 24.5 Å².